The molecule has 4 heteroatoms. The number of aromatic nitrogens is 3. The standard InChI is InChI=1S/C14H13N3O/c1-10-16-11-6-3-4-7-12(11)17(10)14-13(18-2)8-5-9-15-14/h3-9H,1-2H3. The van der Waals surface area contributed by atoms with Crippen LogP contribution in [-0.4, -0.2) is 21.6 Å². The molecule has 3 aromatic rings. The van der Waals surface area contributed by atoms with Gasteiger partial charge < -0.3 is 4.74 Å². The Morgan fingerprint density at radius 2 is 1.94 bits per heavy atom. The van der Waals surface area contributed by atoms with E-state index in [1.165, 1.54) is 0 Å². The van der Waals surface area contributed by atoms with Gasteiger partial charge in [0.25, 0.3) is 0 Å². The van der Waals surface area contributed by atoms with Crippen LogP contribution in [-0.2, 0) is 0 Å². The van der Waals surface area contributed by atoms with E-state index in [1.807, 2.05) is 47.9 Å². The normalized spacial score (nSPS) is 10.8. The zero-order valence-corrected chi connectivity index (χ0v) is 10.3. The van der Waals surface area contributed by atoms with Gasteiger partial charge in [0.05, 0.1) is 18.1 Å². The molecule has 2 heterocycles. The first kappa shape index (κ1) is 10.8. The van der Waals surface area contributed by atoms with Crippen molar-refractivity contribution in [2.45, 2.75) is 6.92 Å². The Morgan fingerprint density at radius 1 is 1.11 bits per heavy atom. The first-order valence-corrected chi connectivity index (χ1v) is 5.74. The minimum atomic E-state index is 0.740. The van der Waals surface area contributed by atoms with E-state index in [0.717, 1.165) is 28.4 Å². The molecule has 0 amide bonds. The number of fused-ring (bicyclic) bond motifs is 1. The number of nitrogens with zero attached hydrogens (tertiary/aromatic N) is 3. The van der Waals surface area contributed by atoms with Gasteiger partial charge in [-0.2, -0.15) is 0 Å². The van der Waals surface area contributed by atoms with E-state index in [-0.39, 0.29) is 0 Å². The van der Waals surface area contributed by atoms with Crippen LogP contribution in [0.15, 0.2) is 42.6 Å². The molecule has 0 spiro atoms. The molecule has 4 nitrogen and oxygen atoms in total. The predicted octanol–water partition coefficient (Wildman–Crippen LogP) is 2.74. The molecule has 0 bridgehead atoms. The number of benzene rings is 1. The number of pyridine rings is 1. The van der Waals surface area contributed by atoms with E-state index >= 15 is 0 Å². The number of rotatable bonds is 2. The summed E-state index contributed by atoms with van der Waals surface area (Å²) in [6.45, 7) is 1.97. The second-order valence-electron chi connectivity index (χ2n) is 4.01. The molecule has 0 unspecified atom stereocenters. The third-order valence-electron chi connectivity index (χ3n) is 2.91. The Kier molecular flexibility index (Phi) is 2.48. The fourth-order valence-electron chi connectivity index (χ4n) is 2.12. The van der Waals surface area contributed by atoms with Crippen molar-refractivity contribution < 1.29 is 4.74 Å². The molecule has 0 radical (unpaired) electrons. The molecule has 0 aliphatic carbocycles. The quantitative estimate of drug-likeness (QED) is 0.690. The van der Waals surface area contributed by atoms with E-state index in [4.69, 9.17) is 4.74 Å². The van der Waals surface area contributed by atoms with Gasteiger partial charge >= 0.3 is 0 Å². The average molecular weight is 239 g/mol. The van der Waals surface area contributed by atoms with Crippen LogP contribution in [0.3, 0.4) is 0 Å². The highest BCUT2D eigenvalue weighted by molar-refractivity contribution is 5.78. The molecule has 0 N–H and O–H groups in total. The Bertz CT molecular complexity index is 703. The average Bonchev–Trinajstić information content (AvgIpc) is 2.74. The maximum atomic E-state index is 5.36. The molecule has 3 rings (SSSR count). The maximum Gasteiger partial charge on any atom is 0.181 e. The SMILES string of the molecule is COc1cccnc1-n1c(C)nc2ccccc21. The summed E-state index contributed by atoms with van der Waals surface area (Å²) < 4.78 is 7.37. The fourth-order valence-corrected chi connectivity index (χ4v) is 2.12. The van der Waals surface area contributed by atoms with Gasteiger partial charge in [-0.05, 0) is 31.2 Å². The van der Waals surface area contributed by atoms with Crippen molar-refractivity contribution in [1.82, 2.24) is 14.5 Å². The lowest BCUT2D eigenvalue weighted by Crippen LogP contribution is -2.02. The monoisotopic (exact) mass is 239 g/mol. The zero-order valence-electron chi connectivity index (χ0n) is 10.3. The third-order valence-corrected chi connectivity index (χ3v) is 2.91. The van der Waals surface area contributed by atoms with Crippen LogP contribution in [0.4, 0.5) is 0 Å². The summed E-state index contributed by atoms with van der Waals surface area (Å²) in [7, 11) is 1.65. The Labute approximate surface area is 105 Å². The summed E-state index contributed by atoms with van der Waals surface area (Å²) in [5.41, 5.74) is 2.00. The van der Waals surface area contributed by atoms with Crippen LogP contribution < -0.4 is 4.74 Å². The second-order valence-corrected chi connectivity index (χ2v) is 4.01. The first-order valence-electron chi connectivity index (χ1n) is 5.74. The topological polar surface area (TPSA) is 39.9 Å². The summed E-state index contributed by atoms with van der Waals surface area (Å²) in [6, 6.07) is 11.8. The molecule has 0 saturated carbocycles. The van der Waals surface area contributed by atoms with Crippen LogP contribution in [0.2, 0.25) is 0 Å². The molecule has 0 fully saturated rings. The van der Waals surface area contributed by atoms with Gasteiger partial charge in [0.15, 0.2) is 11.6 Å². The predicted molar refractivity (Wildman–Crippen MR) is 70.2 cm³/mol. The van der Waals surface area contributed by atoms with Gasteiger partial charge in [-0.1, -0.05) is 12.1 Å². The largest absolute Gasteiger partial charge is 0.493 e. The molecule has 0 aliphatic rings. The summed E-state index contributed by atoms with van der Waals surface area (Å²) >= 11 is 0. The lowest BCUT2D eigenvalue weighted by atomic mass is 10.3. The summed E-state index contributed by atoms with van der Waals surface area (Å²) in [5.74, 6) is 2.41. The van der Waals surface area contributed by atoms with E-state index in [1.54, 1.807) is 13.3 Å². The number of ether oxygens (including phenoxy) is 1. The molecule has 0 atom stereocenters. The molecular formula is C14H13N3O. The zero-order chi connectivity index (χ0) is 12.5. The summed E-state index contributed by atoms with van der Waals surface area (Å²) in [6.07, 6.45) is 1.76. The van der Waals surface area contributed by atoms with Crippen LogP contribution in [0, 0.1) is 6.92 Å². The van der Waals surface area contributed by atoms with E-state index in [0.29, 0.717) is 0 Å². The Balaban J connectivity index is 2.34. The van der Waals surface area contributed by atoms with Crippen LogP contribution in [0.1, 0.15) is 5.82 Å². The number of imidazole rings is 1. The van der Waals surface area contributed by atoms with Gasteiger partial charge in [-0.3, -0.25) is 4.57 Å². The Morgan fingerprint density at radius 3 is 2.78 bits per heavy atom. The third kappa shape index (κ3) is 1.54. The molecule has 1 aromatic carbocycles. The maximum absolute atomic E-state index is 5.36. The second kappa shape index (κ2) is 4.14. The summed E-state index contributed by atoms with van der Waals surface area (Å²) in [4.78, 5) is 8.93. The van der Waals surface area contributed by atoms with Crippen molar-refractivity contribution in [1.29, 1.82) is 0 Å². The molecule has 2 aromatic heterocycles. The van der Waals surface area contributed by atoms with Crippen molar-refractivity contribution in [3.05, 3.63) is 48.4 Å². The number of para-hydroxylation sites is 2. The van der Waals surface area contributed by atoms with E-state index in [2.05, 4.69) is 9.97 Å². The molecule has 18 heavy (non-hydrogen) atoms. The van der Waals surface area contributed by atoms with Gasteiger partial charge in [0, 0.05) is 6.20 Å². The van der Waals surface area contributed by atoms with Gasteiger partial charge in [0.2, 0.25) is 0 Å². The van der Waals surface area contributed by atoms with Crippen LogP contribution >= 0.6 is 0 Å². The van der Waals surface area contributed by atoms with Crippen molar-refractivity contribution in [2.24, 2.45) is 0 Å². The van der Waals surface area contributed by atoms with E-state index < -0.39 is 0 Å². The van der Waals surface area contributed by atoms with Crippen molar-refractivity contribution >= 4 is 11.0 Å². The van der Waals surface area contributed by atoms with Crippen LogP contribution in [0.5, 0.6) is 5.75 Å². The van der Waals surface area contributed by atoms with Crippen LogP contribution in [0.25, 0.3) is 16.9 Å². The van der Waals surface area contributed by atoms with Crippen molar-refractivity contribution in [3.8, 4) is 11.6 Å². The molecule has 0 saturated heterocycles. The molecular weight excluding hydrogens is 226 g/mol. The number of aryl methyl sites for hydroxylation is 1. The first-order chi connectivity index (χ1) is 8.81. The van der Waals surface area contributed by atoms with Crippen molar-refractivity contribution in [2.75, 3.05) is 7.11 Å². The van der Waals surface area contributed by atoms with Crippen molar-refractivity contribution in [3.63, 3.8) is 0 Å². The highest BCUT2D eigenvalue weighted by atomic mass is 16.5. The van der Waals surface area contributed by atoms with E-state index in [9.17, 15) is 0 Å². The summed E-state index contributed by atoms with van der Waals surface area (Å²) in [5, 5.41) is 0. The number of hydrogen-bond donors (Lipinski definition) is 0. The molecule has 0 aliphatic heterocycles. The molecule has 90 valence electrons. The van der Waals surface area contributed by atoms with Gasteiger partial charge in [-0.25, -0.2) is 9.97 Å². The highest BCUT2D eigenvalue weighted by Crippen LogP contribution is 2.25. The fraction of sp³-hybridized carbons (Fsp3) is 0.143. The van der Waals surface area contributed by atoms with Gasteiger partial charge in [0.1, 0.15) is 5.82 Å². The minimum Gasteiger partial charge on any atom is -0.493 e. The lowest BCUT2D eigenvalue weighted by molar-refractivity contribution is 0.410. The smallest absolute Gasteiger partial charge is 0.181 e. The van der Waals surface area contributed by atoms with Gasteiger partial charge in [-0.15, -0.1) is 0 Å². The minimum absolute atomic E-state index is 0.740. The number of hydrogen-bond acceptors (Lipinski definition) is 3. The number of methoxy groups -OCH3 is 1. The highest BCUT2D eigenvalue weighted by Gasteiger charge is 2.13. The Hall–Kier alpha value is -2.36. The lowest BCUT2D eigenvalue weighted by Gasteiger charge is -2.10.